The van der Waals surface area contributed by atoms with Crippen LogP contribution in [0.1, 0.15) is 50.5 Å². The van der Waals surface area contributed by atoms with Crippen LogP contribution in [-0.2, 0) is 19.9 Å². The van der Waals surface area contributed by atoms with Gasteiger partial charge in [-0.25, -0.2) is 0 Å². The summed E-state index contributed by atoms with van der Waals surface area (Å²) in [5.41, 5.74) is -1.58. The Morgan fingerprint density at radius 3 is 2.52 bits per heavy atom. The van der Waals surface area contributed by atoms with Gasteiger partial charge in [0.25, 0.3) is 5.91 Å². The Hall–Kier alpha value is -1.14. The topological polar surface area (TPSA) is 75.6 Å². The lowest BCUT2D eigenvalue weighted by atomic mass is 9.75. The van der Waals surface area contributed by atoms with Crippen LogP contribution in [-0.4, -0.2) is 29.5 Å². The smallest absolute Gasteiger partial charge is 0.261 e. The Balaban J connectivity index is 1.61. The first-order valence-corrected chi connectivity index (χ1v) is 10.2. The molecule has 1 aromatic rings. The van der Waals surface area contributed by atoms with E-state index in [0.717, 1.165) is 38.5 Å². The number of methoxy groups -OCH3 is 1. The molecule has 2 atom stereocenters. The number of amides is 1. The normalized spacial score (nSPS) is 34.9. The number of aliphatic hydroxyl groups is 1. The molecule has 1 heterocycles. The fourth-order valence-electron chi connectivity index (χ4n) is 5.16. The highest BCUT2D eigenvalue weighted by atomic mass is 35.5. The monoisotopic (exact) mass is 411 g/mol. The average Bonchev–Trinajstić information content (AvgIpc) is 2.82. The molecule has 0 spiro atoms. The van der Waals surface area contributed by atoms with Gasteiger partial charge in [0.05, 0.1) is 16.3 Å². The number of hydrogen-bond donors (Lipinski definition) is 2. The quantitative estimate of drug-likeness (QED) is 0.782. The summed E-state index contributed by atoms with van der Waals surface area (Å²) in [6.45, 7) is 0. The zero-order valence-electron chi connectivity index (χ0n) is 15.2. The number of ether oxygens (including phenoxy) is 1. The molecule has 2 N–H and O–H groups in total. The molecule has 1 aliphatic heterocycles. The molecule has 7 heteroatoms. The third kappa shape index (κ3) is 3.00. The summed E-state index contributed by atoms with van der Waals surface area (Å²) in [6.07, 6.45) is 5.10. The lowest BCUT2D eigenvalue weighted by molar-refractivity contribution is -0.142. The van der Waals surface area contributed by atoms with E-state index in [2.05, 4.69) is 5.32 Å². The predicted octanol–water partition coefficient (Wildman–Crippen LogP) is 4.08. The van der Waals surface area contributed by atoms with E-state index in [1.807, 2.05) is 0 Å². The van der Waals surface area contributed by atoms with Gasteiger partial charge in [0.15, 0.2) is 5.60 Å². The minimum absolute atomic E-state index is 0.0876. The van der Waals surface area contributed by atoms with Gasteiger partial charge in [0.1, 0.15) is 5.78 Å². The summed E-state index contributed by atoms with van der Waals surface area (Å²) in [7, 11) is 1.75. The summed E-state index contributed by atoms with van der Waals surface area (Å²) in [6, 6.07) is 3.10. The summed E-state index contributed by atoms with van der Waals surface area (Å²) in [5, 5.41) is 14.3. The third-order valence-electron chi connectivity index (χ3n) is 6.83. The Bertz CT molecular complexity index is 803. The van der Waals surface area contributed by atoms with Crippen LogP contribution in [0.25, 0.3) is 0 Å². The molecular weight excluding hydrogens is 389 g/mol. The van der Waals surface area contributed by atoms with Crippen LogP contribution >= 0.6 is 23.2 Å². The van der Waals surface area contributed by atoms with Crippen molar-refractivity contribution < 1.29 is 19.4 Å². The molecule has 5 rings (SSSR count). The van der Waals surface area contributed by atoms with Crippen molar-refractivity contribution in [1.29, 1.82) is 0 Å². The second-order valence-electron chi connectivity index (χ2n) is 8.11. The van der Waals surface area contributed by atoms with Crippen molar-refractivity contribution in [3.8, 4) is 0 Å². The van der Waals surface area contributed by atoms with Gasteiger partial charge in [0.2, 0.25) is 0 Å². The first-order chi connectivity index (χ1) is 12.8. The Kier molecular flexibility index (Phi) is 4.78. The number of carbonyl (C=O) groups is 2. The van der Waals surface area contributed by atoms with Crippen LogP contribution in [0, 0.1) is 11.8 Å². The van der Waals surface area contributed by atoms with Gasteiger partial charge in [-0.05, 0) is 56.6 Å². The summed E-state index contributed by atoms with van der Waals surface area (Å²) >= 11 is 12.4. The number of carbonyl (C=O) groups excluding carboxylic acids is 2. The molecule has 146 valence electrons. The van der Waals surface area contributed by atoms with Gasteiger partial charge < -0.3 is 15.2 Å². The molecule has 27 heavy (non-hydrogen) atoms. The molecule has 3 saturated carbocycles. The zero-order valence-corrected chi connectivity index (χ0v) is 16.7. The van der Waals surface area contributed by atoms with Crippen molar-refractivity contribution >= 4 is 40.6 Å². The van der Waals surface area contributed by atoms with E-state index in [1.54, 1.807) is 13.2 Å². The van der Waals surface area contributed by atoms with Gasteiger partial charge in [-0.2, -0.15) is 0 Å². The minimum Gasteiger partial charge on any atom is -0.378 e. The van der Waals surface area contributed by atoms with Gasteiger partial charge in [-0.1, -0.05) is 23.2 Å². The number of fused-ring (bicyclic) bond motifs is 5. The highest BCUT2D eigenvalue weighted by molar-refractivity contribution is 6.38. The minimum atomic E-state index is -1.97. The van der Waals surface area contributed by atoms with Gasteiger partial charge in [-0.15, -0.1) is 0 Å². The van der Waals surface area contributed by atoms with Crippen LogP contribution in [0.3, 0.4) is 0 Å². The van der Waals surface area contributed by atoms with E-state index < -0.39 is 11.5 Å². The molecule has 2 bridgehead atoms. The Morgan fingerprint density at radius 1 is 1.22 bits per heavy atom. The van der Waals surface area contributed by atoms with Gasteiger partial charge in [-0.3, -0.25) is 9.59 Å². The molecule has 1 aromatic carbocycles. The first kappa shape index (κ1) is 19.2. The number of Topliss-reactive ketones (excluding diaryl/α,β-unsaturated/α-hetero) is 1. The Labute approximate surface area is 168 Å². The Morgan fingerprint density at radius 2 is 1.85 bits per heavy atom. The van der Waals surface area contributed by atoms with E-state index in [0.29, 0.717) is 10.7 Å². The van der Waals surface area contributed by atoms with Crippen LogP contribution in [0.15, 0.2) is 12.1 Å². The standard InChI is InChI=1S/C20H23Cl2NO4/c1-27-19-7-4-11(5-8-19)12(6-9-19)15(24)10-20(26)16-13(21)2-3-14(22)17(16)23-18(20)25/h2-3,11-12,26H,4-10H2,1H3,(H,23,25). The fourth-order valence-corrected chi connectivity index (χ4v) is 5.68. The second-order valence-corrected chi connectivity index (χ2v) is 8.92. The molecule has 1 amide bonds. The van der Waals surface area contributed by atoms with Crippen LogP contribution in [0.4, 0.5) is 5.69 Å². The van der Waals surface area contributed by atoms with E-state index in [-0.39, 0.29) is 40.2 Å². The van der Waals surface area contributed by atoms with Crippen molar-refractivity contribution in [3.63, 3.8) is 0 Å². The average molecular weight is 412 g/mol. The van der Waals surface area contributed by atoms with E-state index in [4.69, 9.17) is 27.9 Å². The number of hydrogen-bond acceptors (Lipinski definition) is 4. The van der Waals surface area contributed by atoms with Crippen LogP contribution in [0.2, 0.25) is 10.0 Å². The summed E-state index contributed by atoms with van der Waals surface area (Å²) < 4.78 is 5.76. The SMILES string of the molecule is COC12CCC(CC1)C(C(=O)CC1(O)C(=O)Nc3c(Cl)ccc(Cl)c31)CC2. The van der Waals surface area contributed by atoms with Gasteiger partial charge in [0, 0.05) is 30.0 Å². The maximum atomic E-state index is 13.2. The molecule has 0 aromatic heterocycles. The fraction of sp³-hybridized carbons (Fsp3) is 0.600. The molecule has 4 aliphatic rings. The zero-order chi connectivity index (χ0) is 19.4. The van der Waals surface area contributed by atoms with E-state index in [1.165, 1.54) is 6.07 Å². The predicted molar refractivity (Wildman–Crippen MR) is 103 cm³/mol. The number of anilines is 1. The second kappa shape index (κ2) is 6.73. The number of nitrogens with one attached hydrogen (secondary N) is 1. The maximum Gasteiger partial charge on any atom is 0.261 e. The first-order valence-electron chi connectivity index (χ1n) is 9.40. The molecular formula is C20H23Cl2NO4. The van der Waals surface area contributed by atoms with Crippen molar-refractivity contribution in [2.75, 3.05) is 12.4 Å². The van der Waals surface area contributed by atoms with Crippen molar-refractivity contribution in [2.24, 2.45) is 11.8 Å². The van der Waals surface area contributed by atoms with Gasteiger partial charge >= 0.3 is 0 Å². The number of rotatable bonds is 4. The van der Waals surface area contributed by atoms with Crippen LogP contribution in [0.5, 0.6) is 0 Å². The number of halogens is 2. The highest BCUT2D eigenvalue weighted by Gasteiger charge is 2.51. The molecule has 0 radical (unpaired) electrons. The van der Waals surface area contributed by atoms with E-state index in [9.17, 15) is 14.7 Å². The van der Waals surface area contributed by atoms with E-state index >= 15 is 0 Å². The summed E-state index contributed by atoms with van der Waals surface area (Å²) in [5.74, 6) is -0.614. The van der Waals surface area contributed by atoms with Crippen molar-refractivity contribution in [2.45, 2.75) is 56.1 Å². The van der Waals surface area contributed by atoms with Crippen molar-refractivity contribution in [1.82, 2.24) is 0 Å². The molecule has 2 unspecified atom stereocenters. The molecule has 3 aliphatic carbocycles. The highest BCUT2D eigenvalue weighted by Crippen LogP contribution is 2.50. The maximum absolute atomic E-state index is 13.2. The van der Waals surface area contributed by atoms with Crippen molar-refractivity contribution in [3.05, 3.63) is 27.7 Å². The number of benzene rings is 1. The number of ketones is 1. The molecule has 5 nitrogen and oxygen atoms in total. The summed E-state index contributed by atoms with van der Waals surface area (Å²) in [4.78, 5) is 25.7. The largest absolute Gasteiger partial charge is 0.378 e. The molecule has 3 fully saturated rings. The third-order valence-corrected chi connectivity index (χ3v) is 7.46. The van der Waals surface area contributed by atoms with Crippen LogP contribution < -0.4 is 5.32 Å². The lowest BCUT2D eigenvalue weighted by Gasteiger charge is -2.36. The molecule has 0 saturated heterocycles. The lowest BCUT2D eigenvalue weighted by Crippen LogP contribution is -2.39.